The highest BCUT2D eigenvalue weighted by Gasteiger charge is 2.45. The van der Waals surface area contributed by atoms with Gasteiger partial charge in [0.05, 0.1) is 11.5 Å². The molecule has 0 aromatic heterocycles. The van der Waals surface area contributed by atoms with Crippen LogP contribution in [0.3, 0.4) is 0 Å². The lowest BCUT2D eigenvalue weighted by Crippen LogP contribution is -2.49. The molecule has 0 radical (unpaired) electrons. The molecule has 5 heteroatoms. The third-order valence-corrected chi connectivity index (χ3v) is 6.09. The zero-order valence-corrected chi connectivity index (χ0v) is 17.4. The third kappa shape index (κ3) is 4.36. The van der Waals surface area contributed by atoms with Gasteiger partial charge in [-0.25, -0.2) is 4.39 Å². The van der Waals surface area contributed by atoms with Gasteiger partial charge in [-0.2, -0.15) is 0 Å². The first-order valence-electron chi connectivity index (χ1n) is 10.5. The first-order chi connectivity index (χ1) is 15.0. The fourth-order valence-corrected chi connectivity index (χ4v) is 4.01. The van der Waals surface area contributed by atoms with E-state index in [0.717, 1.165) is 30.4 Å². The molecule has 2 amide bonds. The van der Waals surface area contributed by atoms with Gasteiger partial charge in [0.15, 0.2) is 0 Å². The Morgan fingerprint density at radius 3 is 2.13 bits per heavy atom. The van der Waals surface area contributed by atoms with Gasteiger partial charge in [0, 0.05) is 11.3 Å². The molecule has 31 heavy (non-hydrogen) atoms. The number of hydrogen-bond donors (Lipinski definition) is 2. The van der Waals surface area contributed by atoms with Gasteiger partial charge in [-0.3, -0.25) is 9.59 Å². The van der Waals surface area contributed by atoms with Crippen LogP contribution in [0.15, 0.2) is 78.9 Å². The molecule has 0 saturated heterocycles. The van der Waals surface area contributed by atoms with Crippen LogP contribution in [0.5, 0.6) is 0 Å². The second-order valence-corrected chi connectivity index (χ2v) is 8.08. The van der Waals surface area contributed by atoms with Crippen molar-refractivity contribution in [2.24, 2.45) is 0 Å². The molecule has 4 nitrogen and oxygen atoms in total. The summed E-state index contributed by atoms with van der Waals surface area (Å²) < 4.78 is 13.0. The number of nitrogens with one attached hydrogen (secondary N) is 2. The fourth-order valence-electron chi connectivity index (χ4n) is 4.01. The maximum atomic E-state index is 13.1. The van der Waals surface area contributed by atoms with Crippen LogP contribution in [0, 0.1) is 5.82 Å². The summed E-state index contributed by atoms with van der Waals surface area (Å²) in [6.45, 7) is 1.96. The summed E-state index contributed by atoms with van der Waals surface area (Å²) in [6.07, 6.45) is 2.78. The van der Waals surface area contributed by atoms with E-state index in [-0.39, 0.29) is 23.7 Å². The maximum Gasteiger partial charge on any atom is 0.255 e. The third-order valence-electron chi connectivity index (χ3n) is 6.09. The minimum Gasteiger partial charge on any atom is -0.349 e. The summed E-state index contributed by atoms with van der Waals surface area (Å²) in [6, 6.07) is 22.6. The van der Waals surface area contributed by atoms with Crippen molar-refractivity contribution in [3.8, 4) is 0 Å². The minimum absolute atomic E-state index is 0.0612. The highest BCUT2D eigenvalue weighted by atomic mass is 19.1. The number of halogens is 1. The standard InChI is InChI=1S/C26H25FN2O2/c1-18(28-25(31)26(16-5-17-26)21-6-3-2-4-7-21)19-10-14-23(15-11-19)29-24(30)20-8-12-22(27)13-9-20/h2-4,6-15,18H,5,16-17H2,1H3,(H,28,31)(H,29,30). The van der Waals surface area contributed by atoms with E-state index < -0.39 is 5.41 Å². The van der Waals surface area contributed by atoms with Gasteiger partial charge >= 0.3 is 0 Å². The first-order valence-corrected chi connectivity index (χ1v) is 10.5. The number of amides is 2. The molecule has 4 rings (SSSR count). The number of carbonyl (C=O) groups excluding carboxylic acids is 2. The lowest BCUT2D eigenvalue weighted by atomic mass is 9.63. The lowest BCUT2D eigenvalue weighted by molar-refractivity contribution is -0.130. The summed E-state index contributed by atoms with van der Waals surface area (Å²) in [5, 5.41) is 5.97. The van der Waals surface area contributed by atoms with Crippen molar-refractivity contribution in [1.29, 1.82) is 0 Å². The number of carbonyl (C=O) groups is 2. The van der Waals surface area contributed by atoms with Crippen LogP contribution < -0.4 is 10.6 Å². The van der Waals surface area contributed by atoms with E-state index >= 15 is 0 Å². The Balaban J connectivity index is 1.40. The summed E-state index contributed by atoms with van der Waals surface area (Å²) in [4.78, 5) is 25.4. The van der Waals surface area contributed by atoms with Gasteiger partial charge in [-0.15, -0.1) is 0 Å². The molecule has 1 aliphatic rings. The van der Waals surface area contributed by atoms with Crippen LogP contribution in [0.1, 0.15) is 53.7 Å². The largest absolute Gasteiger partial charge is 0.349 e. The van der Waals surface area contributed by atoms with Gasteiger partial charge in [0.1, 0.15) is 5.82 Å². The van der Waals surface area contributed by atoms with Crippen molar-refractivity contribution in [3.05, 3.63) is 101 Å². The molecule has 1 unspecified atom stereocenters. The zero-order chi connectivity index (χ0) is 21.8. The van der Waals surface area contributed by atoms with Crippen molar-refractivity contribution >= 4 is 17.5 Å². The predicted octanol–water partition coefficient (Wildman–Crippen LogP) is 5.38. The van der Waals surface area contributed by atoms with E-state index in [1.807, 2.05) is 49.4 Å². The Morgan fingerprint density at radius 2 is 1.55 bits per heavy atom. The van der Waals surface area contributed by atoms with Crippen molar-refractivity contribution < 1.29 is 14.0 Å². The molecule has 1 saturated carbocycles. The molecule has 3 aromatic rings. The number of anilines is 1. The Kier molecular flexibility index (Phi) is 5.85. The van der Waals surface area contributed by atoms with E-state index in [4.69, 9.17) is 0 Å². The first kappa shape index (κ1) is 20.8. The molecule has 158 valence electrons. The van der Waals surface area contributed by atoms with Crippen LogP contribution in [0.4, 0.5) is 10.1 Å². The monoisotopic (exact) mass is 416 g/mol. The Morgan fingerprint density at radius 1 is 0.903 bits per heavy atom. The quantitative estimate of drug-likeness (QED) is 0.567. The molecule has 0 aliphatic heterocycles. The van der Waals surface area contributed by atoms with Crippen molar-refractivity contribution in [1.82, 2.24) is 5.32 Å². The number of benzene rings is 3. The van der Waals surface area contributed by atoms with Gasteiger partial charge in [0.2, 0.25) is 5.91 Å². The average molecular weight is 416 g/mol. The van der Waals surface area contributed by atoms with Crippen LogP contribution in [0.2, 0.25) is 0 Å². The molecule has 1 atom stereocenters. The van der Waals surface area contributed by atoms with Gasteiger partial charge in [-0.05, 0) is 67.3 Å². The molecule has 1 aliphatic carbocycles. The highest BCUT2D eigenvalue weighted by Crippen LogP contribution is 2.44. The van der Waals surface area contributed by atoms with E-state index in [1.54, 1.807) is 12.1 Å². The minimum atomic E-state index is -0.432. The maximum absolute atomic E-state index is 13.1. The number of rotatable bonds is 6. The number of hydrogen-bond acceptors (Lipinski definition) is 2. The molecule has 0 heterocycles. The molecule has 1 fully saturated rings. The predicted molar refractivity (Wildman–Crippen MR) is 119 cm³/mol. The molecule has 3 aromatic carbocycles. The molecule has 0 bridgehead atoms. The van der Waals surface area contributed by atoms with Crippen molar-refractivity contribution in [2.45, 2.75) is 37.6 Å². The molecule has 2 N–H and O–H groups in total. The summed E-state index contributed by atoms with van der Waals surface area (Å²) in [7, 11) is 0. The normalized spacial score (nSPS) is 15.4. The average Bonchev–Trinajstić information content (AvgIpc) is 2.74. The SMILES string of the molecule is CC(NC(=O)C1(c2ccccc2)CCC1)c1ccc(NC(=O)c2ccc(F)cc2)cc1. The van der Waals surface area contributed by atoms with Crippen molar-refractivity contribution in [2.75, 3.05) is 5.32 Å². The zero-order valence-electron chi connectivity index (χ0n) is 17.4. The molecular weight excluding hydrogens is 391 g/mol. The van der Waals surface area contributed by atoms with E-state index in [9.17, 15) is 14.0 Å². The topological polar surface area (TPSA) is 58.2 Å². The van der Waals surface area contributed by atoms with Gasteiger partial charge < -0.3 is 10.6 Å². The highest BCUT2D eigenvalue weighted by molar-refractivity contribution is 6.04. The van der Waals surface area contributed by atoms with E-state index in [1.165, 1.54) is 24.3 Å². The second-order valence-electron chi connectivity index (χ2n) is 8.08. The van der Waals surface area contributed by atoms with E-state index in [2.05, 4.69) is 10.6 Å². The van der Waals surface area contributed by atoms with Gasteiger partial charge in [0.25, 0.3) is 5.91 Å². The molecular formula is C26H25FN2O2. The van der Waals surface area contributed by atoms with Crippen molar-refractivity contribution in [3.63, 3.8) is 0 Å². The van der Waals surface area contributed by atoms with Crippen LogP contribution in [0.25, 0.3) is 0 Å². The summed E-state index contributed by atoms with van der Waals surface area (Å²) in [5.41, 5.74) is 2.62. The summed E-state index contributed by atoms with van der Waals surface area (Å²) in [5.74, 6) is -0.622. The summed E-state index contributed by atoms with van der Waals surface area (Å²) >= 11 is 0. The lowest BCUT2D eigenvalue weighted by Gasteiger charge is -2.41. The molecule has 0 spiro atoms. The second kappa shape index (κ2) is 8.72. The van der Waals surface area contributed by atoms with Crippen LogP contribution in [-0.2, 0) is 10.2 Å². The van der Waals surface area contributed by atoms with Crippen LogP contribution in [-0.4, -0.2) is 11.8 Å². The smallest absolute Gasteiger partial charge is 0.255 e. The Bertz CT molecular complexity index is 1060. The van der Waals surface area contributed by atoms with E-state index in [0.29, 0.717) is 11.3 Å². The Labute approximate surface area is 181 Å². The fraction of sp³-hybridized carbons (Fsp3) is 0.231. The van der Waals surface area contributed by atoms with Gasteiger partial charge in [-0.1, -0.05) is 48.9 Å². The Hall–Kier alpha value is -3.47. The van der Waals surface area contributed by atoms with Crippen LogP contribution >= 0.6 is 0 Å².